The van der Waals surface area contributed by atoms with Gasteiger partial charge in [-0.1, -0.05) is 49.4 Å². The Labute approximate surface area is 150 Å². The van der Waals surface area contributed by atoms with E-state index >= 15 is 0 Å². The average molecular weight is 380 g/mol. The molecule has 1 aliphatic carbocycles. The van der Waals surface area contributed by atoms with Gasteiger partial charge in [0.05, 0.1) is 0 Å². The van der Waals surface area contributed by atoms with E-state index < -0.39 is 10.0 Å². The van der Waals surface area contributed by atoms with Crippen LogP contribution in [0.3, 0.4) is 0 Å². The van der Waals surface area contributed by atoms with Crippen molar-refractivity contribution in [3.05, 3.63) is 35.4 Å². The lowest BCUT2D eigenvalue weighted by Gasteiger charge is -2.25. The topological polar surface area (TPSA) is 101 Å². The van der Waals surface area contributed by atoms with E-state index in [1.165, 1.54) is 5.56 Å². The molecule has 25 heavy (non-hydrogen) atoms. The number of aromatic nitrogens is 2. The zero-order valence-electron chi connectivity index (χ0n) is 14.0. The quantitative estimate of drug-likeness (QED) is 0.776. The molecule has 0 saturated carbocycles. The molecule has 0 aliphatic heterocycles. The Hall–Kier alpha value is -1.84. The number of fused-ring (bicyclic) bond motifs is 1. The molecule has 1 heterocycles. The molecule has 0 spiro atoms. The first-order chi connectivity index (χ1) is 11.9. The Kier molecular flexibility index (Phi) is 5.16. The normalized spacial score (nSPS) is 17.3. The third kappa shape index (κ3) is 4.05. The number of nitrogens with zero attached hydrogens (tertiary/aromatic N) is 2. The molecule has 134 valence electrons. The van der Waals surface area contributed by atoms with Gasteiger partial charge in [-0.25, -0.2) is 13.1 Å². The number of hydrogen-bond acceptors (Lipinski definition) is 6. The van der Waals surface area contributed by atoms with Gasteiger partial charge in [0.1, 0.15) is 0 Å². The van der Waals surface area contributed by atoms with Crippen molar-refractivity contribution < 1.29 is 13.2 Å². The summed E-state index contributed by atoms with van der Waals surface area (Å²) in [4.78, 5) is 11.7. The molecule has 1 aliphatic rings. The lowest BCUT2D eigenvalue weighted by molar-refractivity contribution is -0.118. The number of hydrogen-bond donors (Lipinski definition) is 2. The van der Waals surface area contributed by atoms with E-state index in [1.54, 1.807) is 13.8 Å². The molecular weight excluding hydrogens is 360 g/mol. The van der Waals surface area contributed by atoms with Crippen molar-refractivity contribution in [3.8, 4) is 0 Å². The molecule has 2 N–H and O–H groups in total. The number of carbonyl (C=O) groups is 1. The molecule has 0 radical (unpaired) electrons. The van der Waals surface area contributed by atoms with Gasteiger partial charge in [-0.15, -0.1) is 10.2 Å². The van der Waals surface area contributed by atoms with Gasteiger partial charge in [-0.05, 0) is 30.4 Å². The first-order valence-electron chi connectivity index (χ1n) is 8.11. The predicted molar refractivity (Wildman–Crippen MR) is 95.8 cm³/mol. The Bertz CT molecular complexity index is 877. The van der Waals surface area contributed by atoms with Crippen LogP contribution in [-0.2, 0) is 21.2 Å². The molecule has 3 rings (SSSR count). The Morgan fingerprint density at radius 1 is 1.28 bits per heavy atom. The molecule has 1 aromatic carbocycles. The monoisotopic (exact) mass is 380 g/mol. The number of amides is 1. The van der Waals surface area contributed by atoms with Crippen LogP contribution in [0.5, 0.6) is 0 Å². The number of carbonyl (C=O) groups excluding carboxylic acids is 1. The van der Waals surface area contributed by atoms with Crippen LogP contribution in [0.15, 0.2) is 28.6 Å². The summed E-state index contributed by atoms with van der Waals surface area (Å²) in [5, 5.41) is 10.2. The number of sulfonamides is 1. The van der Waals surface area contributed by atoms with Gasteiger partial charge >= 0.3 is 0 Å². The second kappa shape index (κ2) is 7.19. The fraction of sp³-hybridized carbons (Fsp3) is 0.438. The van der Waals surface area contributed by atoms with Gasteiger partial charge in [0, 0.05) is 12.0 Å². The van der Waals surface area contributed by atoms with E-state index in [9.17, 15) is 13.2 Å². The maximum Gasteiger partial charge on any atom is 0.270 e. The average Bonchev–Trinajstić information content (AvgIpc) is 3.04. The third-order valence-electron chi connectivity index (χ3n) is 4.06. The van der Waals surface area contributed by atoms with Crippen LogP contribution in [0.2, 0.25) is 0 Å². The number of aryl methyl sites for hydroxylation is 1. The summed E-state index contributed by atoms with van der Waals surface area (Å²) in [6, 6.07) is 7.59. The second-order valence-corrected chi connectivity index (χ2v) is 9.15. The number of benzene rings is 1. The van der Waals surface area contributed by atoms with Gasteiger partial charge in [-0.2, -0.15) is 0 Å². The van der Waals surface area contributed by atoms with Crippen molar-refractivity contribution in [1.29, 1.82) is 0 Å². The van der Waals surface area contributed by atoms with E-state index in [-0.39, 0.29) is 27.3 Å². The lowest BCUT2D eigenvalue weighted by atomic mass is 9.88. The zero-order valence-corrected chi connectivity index (χ0v) is 15.7. The largest absolute Gasteiger partial charge is 0.300 e. The van der Waals surface area contributed by atoms with Crippen molar-refractivity contribution >= 4 is 32.4 Å². The maximum absolute atomic E-state index is 12.6. The minimum Gasteiger partial charge on any atom is -0.300 e. The lowest BCUT2D eigenvalue weighted by Crippen LogP contribution is -2.31. The number of nitrogens with one attached hydrogen (secondary N) is 2. The number of rotatable bonds is 5. The molecule has 0 fully saturated rings. The fourth-order valence-electron chi connectivity index (χ4n) is 2.73. The highest BCUT2D eigenvalue weighted by Crippen LogP contribution is 2.31. The first kappa shape index (κ1) is 18.0. The van der Waals surface area contributed by atoms with Crippen LogP contribution in [0.25, 0.3) is 0 Å². The maximum atomic E-state index is 12.6. The highest BCUT2D eigenvalue weighted by Gasteiger charge is 2.28. The smallest absolute Gasteiger partial charge is 0.270 e. The summed E-state index contributed by atoms with van der Waals surface area (Å²) >= 11 is 0.851. The SMILES string of the molecule is CC(C)C(=O)Nc1nnc(S(=O)(=O)NC2CCCc3ccccc32)s1. The highest BCUT2D eigenvalue weighted by molar-refractivity contribution is 7.91. The molecule has 1 aromatic heterocycles. The van der Waals surface area contributed by atoms with E-state index in [4.69, 9.17) is 0 Å². The number of anilines is 1. The summed E-state index contributed by atoms with van der Waals surface area (Å²) < 4.78 is 27.8. The van der Waals surface area contributed by atoms with Crippen LogP contribution >= 0.6 is 11.3 Å². The molecule has 7 nitrogen and oxygen atoms in total. The van der Waals surface area contributed by atoms with E-state index in [1.807, 2.05) is 24.3 Å². The van der Waals surface area contributed by atoms with Crippen LogP contribution in [0, 0.1) is 5.92 Å². The van der Waals surface area contributed by atoms with Crippen LogP contribution in [0.1, 0.15) is 43.9 Å². The van der Waals surface area contributed by atoms with E-state index in [0.29, 0.717) is 0 Å². The molecule has 0 bridgehead atoms. The molecule has 1 amide bonds. The van der Waals surface area contributed by atoms with E-state index in [2.05, 4.69) is 20.2 Å². The van der Waals surface area contributed by atoms with Crippen LogP contribution in [0.4, 0.5) is 5.13 Å². The van der Waals surface area contributed by atoms with Gasteiger partial charge < -0.3 is 5.32 Å². The minimum atomic E-state index is -3.79. The fourth-order valence-corrected chi connectivity index (χ4v) is 4.90. The molecule has 1 atom stereocenters. The third-order valence-corrected chi connectivity index (χ3v) is 6.74. The molecule has 0 saturated heterocycles. The zero-order chi connectivity index (χ0) is 18.0. The molecule has 2 aromatic rings. The Morgan fingerprint density at radius 3 is 2.80 bits per heavy atom. The summed E-state index contributed by atoms with van der Waals surface area (Å²) in [5.74, 6) is -0.449. The van der Waals surface area contributed by atoms with E-state index in [0.717, 1.165) is 36.2 Å². The molecular formula is C16H20N4O3S2. The van der Waals surface area contributed by atoms with Crippen molar-refractivity contribution in [2.45, 2.75) is 43.5 Å². The summed E-state index contributed by atoms with van der Waals surface area (Å²) in [6.07, 6.45) is 2.63. The van der Waals surface area contributed by atoms with Crippen LogP contribution < -0.4 is 10.0 Å². The summed E-state index contributed by atoms with van der Waals surface area (Å²) in [5.41, 5.74) is 2.18. The van der Waals surface area contributed by atoms with Crippen LogP contribution in [-0.4, -0.2) is 24.5 Å². The van der Waals surface area contributed by atoms with Gasteiger partial charge in [0.15, 0.2) is 0 Å². The van der Waals surface area contributed by atoms with Crippen molar-refractivity contribution in [1.82, 2.24) is 14.9 Å². The molecule has 9 heteroatoms. The van der Waals surface area contributed by atoms with Crippen molar-refractivity contribution in [2.75, 3.05) is 5.32 Å². The molecule has 1 unspecified atom stereocenters. The second-order valence-electron chi connectivity index (χ2n) is 6.28. The van der Waals surface area contributed by atoms with Crippen molar-refractivity contribution in [2.24, 2.45) is 5.92 Å². The summed E-state index contributed by atoms with van der Waals surface area (Å²) in [7, 11) is -3.79. The first-order valence-corrected chi connectivity index (χ1v) is 10.4. The Morgan fingerprint density at radius 2 is 2.04 bits per heavy atom. The Balaban J connectivity index is 1.77. The highest BCUT2D eigenvalue weighted by atomic mass is 32.2. The van der Waals surface area contributed by atoms with Gasteiger partial charge in [0.25, 0.3) is 10.0 Å². The van der Waals surface area contributed by atoms with Crippen molar-refractivity contribution in [3.63, 3.8) is 0 Å². The van der Waals surface area contributed by atoms with Gasteiger partial charge in [-0.3, -0.25) is 4.79 Å². The minimum absolute atomic E-state index is 0.144. The standard InChI is InChI=1S/C16H20N4O3S2/c1-10(2)14(21)17-15-18-19-16(24-15)25(22,23)20-13-9-5-7-11-6-3-4-8-12(11)13/h3-4,6,8,10,13,20H,5,7,9H2,1-2H3,(H,17,18,21). The van der Waals surface area contributed by atoms with Gasteiger partial charge in [0.2, 0.25) is 15.4 Å². The summed E-state index contributed by atoms with van der Waals surface area (Å²) in [6.45, 7) is 3.49. The predicted octanol–water partition coefficient (Wildman–Crippen LogP) is 2.49.